The summed E-state index contributed by atoms with van der Waals surface area (Å²) >= 11 is 0. The van der Waals surface area contributed by atoms with Crippen LogP contribution in [0.1, 0.15) is 31.4 Å². The molecule has 130 valence electrons. The fourth-order valence-corrected chi connectivity index (χ4v) is 2.93. The maximum atomic E-state index is 12.3. The minimum Gasteiger partial charge on any atom is -0.449 e. The molecule has 1 aliphatic rings. The molecule has 1 aromatic carbocycles. The SMILES string of the molecule is CCOC(=O)N(CC)C1=CCCc2ccc(Oc3ccccn3)cc21. The molecule has 0 fully saturated rings. The zero-order chi connectivity index (χ0) is 17.6. The van der Waals surface area contributed by atoms with Gasteiger partial charge in [0, 0.05) is 24.4 Å². The Morgan fingerprint density at radius 3 is 2.84 bits per heavy atom. The van der Waals surface area contributed by atoms with Crippen LogP contribution in [-0.4, -0.2) is 29.1 Å². The van der Waals surface area contributed by atoms with Gasteiger partial charge in [0.15, 0.2) is 0 Å². The lowest BCUT2D eigenvalue weighted by molar-refractivity contribution is 0.126. The molecule has 1 aliphatic carbocycles. The molecule has 0 atom stereocenters. The second-order valence-electron chi connectivity index (χ2n) is 5.66. The number of allylic oxidation sites excluding steroid dienone is 1. The number of aromatic nitrogens is 1. The van der Waals surface area contributed by atoms with E-state index in [-0.39, 0.29) is 6.09 Å². The van der Waals surface area contributed by atoms with E-state index in [9.17, 15) is 4.79 Å². The molecule has 1 heterocycles. The molecular weight excluding hydrogens is 316 g/mol. The predicted octanol–water partition coefficient (Wildman–Crippen LogP) is 4.64. The molecule has 1 aromatic heterocycles. The highest BCUT2D eigenvalue weighted by atomic mass is 16.6. The van der Waals surface area contributed by atoms with Gasteiger partial charge in [0.25, 0.3) is 0 Å². The number of ether oxygens (including phenoxy) is 2. The molecule has 3 rings (SSSR count). The molecular formula is C20H22N2O3. The highest BCUT2D eigenvalue weighted by Gasteiger charge is 2.23. The lowest BCUT2D eigenvalue weighted by Gasteiger charge is -2.27. The Hall–Kier alpha value is -2.82. The van der Waals surface area contributed by atoms with Crippen molar-refractivity contribution in [1.29, 1.82) is 0 Å². The summed E-state index contributed by atoms with van der Waals surface area (Å²) in [4.78, 5) is 18.1. The minimum absolute atomic E-state index is 0.319. The number of carbonyl (C=O) groups is 1. The average molecular weight is 338 g/mol. The third kappa shape index (κ3) is 3.82. The second-order valence-corrected chi connectivity index (χ2v) is 5.66. The van der Waals surface area contributed by atoms with E-state index in [1.807, 2.05) is 44.2 Å². The summed E-state index contributed by atoms with van der Waals surface area (Å²) in [6.07, 6.45) is 5.31. The molecule has 0 spiro atoms. The number of carbonyl (C=O) groups excluding carboxylic acids is 1. The van der Waals surface area contributed by atoms with Crippen molar-refractivity contribution in [1.82, 2.24) is 9.88 Å². The second kappa shape index (κ2) is 7.83. The van der Waals surface area contributed by atoms with Crippen molar-refractivity contribution < 1.29 is 14.3 Å². The van der Waals surface area contributed by atoms with Gasteiger partial charge in [0.05, 0.1) is 12.3 Å². The summed E-state index contributed by atoms with van der Waals surface area (Å²) in [5.41, 5.74) is 3.09. The van der Waals surface area contributed by atoms with E-state index in [2.05, 4.69) is 17.1 Å². The molecule has 2 aromatic rings. The standard InChI is InChI=1S/C20H22N2O3/c1-3-22(20(23)24-4-2)18-9-7-8-15-11-12-16(14-17(15)18)25-19-10-5-6-13-21-19/h5-6,9-14H,3-4,7-8H2,1-2H3. The van der Waals surface area contributed by atoms with Crippen LogP contribution in [0, 0.1) is 0 Å². The van der Waals surface area contributed by atoms with E-state index in [1.54, 1.807) is 11.1 Å². The fourth-order valence-electron chi connectivity index (χ4n) is 2.93. The van der Waals surface area contributed by atoms with Crippen LogP contribution in [0.4, 0.5) is 4.79 Å². The Labute approximate surface area is 147 Å². The third-order valence-electron chi connectivity index (χ3n) is 4.06. The van der Waals surface area contributed by atoms with Crippen LogP contribution in [0.15, 0.2) is 48.7 Å². The maximum absolute atomic E-state index is 12.3. The molecule has 1 amide bonds. The van der Waals surface area contributed by atoms with Crippen molar-refractivity contribution in [2.75, 3.05) is 13.2 Å². The first-order valence-electron chi connectivity index (χ1n) is 8.59. The van der Waals surface area contributed by atoms with Crippen LogP contribution in [-0.2, 0) is 11.2 Å². The number of rotatable bonds is 5. The van der Waals surface area contributed by atoms with Crippen molar-refractivity contribution in [2.24, 2.45) is 0 Å². The summed E-state index contributed by atoms with van der Waals surface area (Å²) < 4.78 is 11.0. The third-order valence-corrected chi connectivity index (χ3v) is 4.06. The molecule has 5 heteroatoms. The van der Waals surface area contributed by atoms with Crippen LogP contribution < -0.4 is 4.74 Å². The molecule has 0 radical (unpaired) electrons. The van der Waals surface area contributed by atoms with Gasteiger partial charge in [0.2, 0.25) is 5.88 Å². The molecule has 0 saturated carbocycles. The number of hydrogen-bond donors (Lipinski definition) is 0. The van der Waals surface area contributed by atoms with Crippen LogP contribution in [0.3, 0.4) is 0 Å². The summed E-state index contributed by atoms with van der Waals surface area (Å²) in [5.74, 6) is 1.24. The first-order chi connectivity index (χ1) is 12.2. The Kier molecular flexibility index (Phi) is 5.33. The minimum atomic E-state index is -0.319. The number of amides is 1. The number of nitrogens with zero attached hydrogens (tertiary/aromatic N) is 2. The van der Waals surface area contributed by atoms with Crippen LogP contribution in [0.5, 0.6) is 11.6 Å². The van der Waals surface area contributed by atoms with Gasteiger partial charge >= 0.3 is 6.09 Å². The Balaban J connectivity index is 1.91. The van der Waals surface area contributed by atoms with E-state index in [0.29, 0.717) is 24.8 Å². The summed E-state index contributed by atoms with van der Waals surface area (Å²) in [6, 6.07) is 11.5. The van der Waals surface area contributed by atoms with Crippen LogP contribution >= 0.6 is 0 Å². The summed E-state index contributed by atoms with van der Waals surface area (Å²) in [7, 11) is 0. The van der Waals surface area contributed by atoms with E-state index in [4.69, 9.17) is 9.47 Å². The van der Waals surface area contributed by atoms with E-state index < -0.39 is 0 Å². The monoisotopic (exact) mass is 338 g/mol. The van der Waals surface area contributed by atoms with E-state index in [0.717, 1.165) is 24.1 Å². The van der Waals surface area contributed by atoms with Gasteiger partial charge in [-0.3, -0.25) is 4.90 Å². The molecule has 0 saturated heterocycles. The highest BCUT2D eigenvalue weighted by Crippen LogP contribution is 2.33. The summed E-state index contributed by atoms with van der Waals surface area (Å²) in [6.45, 7) is 4.67. The van der Waals surface area contributed by atoms with Crippen molar-refractivity contribution in [3.63, 3.8) is 0 Å². The average Bonchev–Trinajstić information content (AvgIpc) is 2.64. The van der Waals surface area contributed by atoms with Gasteiger partial charge in [-0.25, -0.2) is 9.78 Å². The quantitative estimate of drug-likeness (QED) is 0.797. The largest absolute Gasteiger partial charge is 0.449 e. The molecule has 0 unspecified atom stereocenters. The normalized spacial score (nSPS) is 12.8. The molecule has 0 bridgehead atoms. The van der Waals surface area contributed by atoms with Crippen molar-refractivity contribution in [3.05, 3.63) is 59.8 Å². The first-order valence-corrected chi connectivity index (χ1v) is 8.59. The fraction of sp³-hybridized carbons (Fsp3) is 0.300. The van der Waals surface area contributed by atoms with Gasteiger partial charge in [-0.15, -0.1) is 0 Å². The lowest BCUT2D eigenvalue weighted by Crippen LogP contribution is -2.31. The number of aryl methyl sites for hydroxylation is 1. The molecule has 0 N–H and O–H groups in total. The van der Waals surface area contributed by atoms with Crippen molar-refractivity contribution in [3.8, 4) is 11.6 Å². The lowest BCUT2D eigenvalue weighted by atomic mass is 9.93. The number of pyridine rings is 1. The Morgan fingerprint density at radius 2 is 2.12 bits per heavy atom. The Morgan fingerprint density at radius 1 is 1.24 bits per heavy atom. The molecule has 25 heavy (non-hydrogen) atoms. The van der Waals surface area contributed by atoms with Gasteiger partial charge in [0.1, 0.15) is 5.75 Å². The topological polar surface area (TPSA) is 51.7 Å². The molecule has 5 nitrogen and oxygen atoms in total. The number of hydrogen-bond acceptors (Lipinski definition) is 4. The van der Waals surface area contributed by atoms with Gasteiger partial charge in [-0.1, -0.05) is 18.2 Å². The van der Waals surface area contributed by atoms with Gasteiger partial charge in [-0.05, 0) is 50.5 Å². The molecule has 0 aliphatic heterocycles. The van der Waals surface area contributed by atoms with Crippen molar-refractivity contribution >= 4 is 11.8 Å². The zero-order valence-electron chi connectivity index (χ0n) is 14.6. The summed E-state index contributed by atoms with van der Waals surface area (Å²) in [5, 5.41) is 0. The predicted molar refractivity (Wildman–Crippen MR) is 96.5 cm³/mol. The maximum Gasteiger partial charge on any atom is 0.414 e. The Bertz CT molecular complexity index is 772. The van der Waals surface area contributed by atoms with Crippen LogP contribution in [0.2, 0.25) is 0 Å². The van der Waals surface area contributed by atoms with Gasteiger partial charge in [-0.2, -0.15) is 0 Å². The smallest absolute Gasteiger partial charge is 0.414 e. The highest BCUT2D eigenvalue weighted by molar-refractivity contribution is 5.84. The van der Waals surface area contributed by atoms with E-state index in [1.165, 1.54) is 5.56 Å². The number of benzene rings is 1. The first kappa shape index (κ1) is 17.0. The zero-order valence-corrected chi connectivity index (χ0v) is 14.6. The van der Waals surface area contributed by atoms with E-state index >= 15 is 0 Å². The van der Waals surface area contributed by atoms with Crippen LogP contribution in [0.25, 0.3) is 5.70 Å². The van der Waals surface area contributed by atoms with Gasteiger partial charge < -0.3 is 9.47 Å². The van der Waals surface area contributed by atoms with Crippen molar-refractivity contribution in [2.45, 2.75) is 26.7 Å². The number of fused-ring (bicyclic) bond motifs is 1.